The predicted molar refractivity (Wildman–Crippen MR) is 226 cm³/mol. The van der Waals surface area contributed by atoms with Crippen molar-refractivity contribution >= 4 is 61.4 Å². The molecule has 7 aromatic carbocycles. The molecule has 5 heteroatoms. The molecule has 3 heterocycles. The summed E-state index contributed by atoms with van der Waals surface area (Å²) in [6.45, 7) is 2.25. The zero-order valence-corrected chi connectivity index (χ0v) is 30.2. The number of nitrogens with one attached hydrogen (secondary N) is 1. The van der Waals surface area contributed by atoms with Gasteiger partial charge in [0, 0.05) is 38.4 Å². The van der Waals surface area contributed by atoms with E-state index in [-0.39, 0.29) is 6.17 Å². The lowest BCUT2D eigenvalue weighted by atomic mass is 9.92. The van der Waals surface area contributed by atoms with Crippen LogP contribution in [-0.2, 0) is 6.42 Å². The lowest BCUT2D eigenvalue weighted by Crippen LogP contribution is -2.33. The molecule has 0 spiro atoms. The number of hydrogen-bond acceptors (Lipinski definition) is 5. The van der Waals surface area contributed by atoms with Gasteiger partial charge < -0.3 is 14.2 Å². The van der Waals surface area contributed by atoms with E-state index in [9.17, 15) is 0 Å². The zero-order valence-electron chi connectivity index (χ0n) is 30.2. The summed E-state index contributed by atoms with van der Waals surface area (Å²) < 4.78 is 13.0. The molecule has 1 aliphatic carbocycles. The van der Waals surface area contributed by atoms with E-state index in [0.717, 1.165) is 84.3 Å². The van der Waals surface area contributed by atoms with E-state index in [0.29, 0.717) is 11.8 Å². The monoisotopic (exact) mass is 709 g/mol. The number of fused-ring (bicyclic) bond motifs is 7. The Morgan fingerprint density at radius 1 is 0.600 bits per heavy atom. The molecular weight excluding hydrogens is 675 g/mol. The van der Waals surface area contributed by atoms with Crippen LogP contribution in [0.1, 0.15) is 41.1 Å². The van der Waals surface area contributed by atoms with Gasteiger partial charge in [-0.15, -0.1) is 0 Å². The summed E-state index contributed by atoms with van der Waals surface area (Å²) in [6, 6.07) is 53.1. The van der Waals surface area contributed by atoms with Crippen molar-refractivity contribution in [1.82, 2.24) is 5.32 Å². The Labute approximate surface area is 318 Å². The zero-order chi connectivity index (χ0) is 36.5. The van der Waals surface area contributed by atoms with Crippen LogP contribution in [-0.4, -0.2) is 11.7 Å². The normalized spacial score (nSPS) is 16.7. The van der Waals surface area contributed by atoms with Crippen LogP contribution in [0.25, 0.3) is 72.0 Å². The van der Waals surface area contributed by atoms with Gasteiger partial charge >= 0.3 is 0 Å². The highest BCUT2D eigenvalue weighted by Crippen LogP contribution is 2.41. The fourth-order valence-corrected chi connectivity index (χ4v) is 8.28. The van der Waals surface area contributed by atoms with Crippen LogP contribution in [0.5, 0.6) is 0 Å². The summed E-state index contributed by atoms with van der Waals surface area (Å²) in [5.74, 6) is 2.85. The predicted octanol–water partition coefficient (Wildman–Crippen LogP) is 12.5. The van der Waals surface area contributed by atoms with Crippen LogP contribution in [0.4, 0.5) is 0 Å². The van der Waals surface area contributed by atoms with Gasteiger partial charge in [0.15, 0.2) is 5.84 Å². The molecule has 5 nitrogen and oxygen atoms in total. The summed E-state index contributed by atoms with van der Waals surface area (Å²) in [7, 11) is 0. The molecule has 0 radical (unpaired) electrons. The third-order valence-corrected chi connectivity index (χ3v) is 11.1. The Kier molecular flexibility index (Phi) is 7.21. The van der Waals surface area contributed by atoms with Gasteiger partial charge in [0.25, 0.3) is 0 Å². The quantitative estimate of drug-likeness (QED) is 0.193. The SMILES string of the molecule is CC1C=Cc2oc3ccc(-c4ccc(C5=NC(c6ccc(-c7ccccc7)cc6)=NC(c6ccc7ccccc7c6)N5)c5c4oc4ccccc45)cc3c2C1. The lowest BCUT2D eigenvalue weighted by Gasteiger charge is -2.24. The van der Waals surface area contributed by atoms with Gasteiger partial charge in [-0.05, 0) is 87.8 Å². The Hall–Kier alpha value is -6.98. The highest BCUT2D eigenvalue weighted by atomic mass is 16.3. The van der Waals surface area contributed by atoms with E-state index in [1.807, 2.05) is 18.2 Å². The Morgan fingerprint density at radius 3 is 2.22 bits per heavy atom. The second kappa shape index (κ2) is 12.6. The molecule has 0 saturated carbocycles. The minimum absolute atomic E-state index is 0.361. The first-order chi connectivity index (χ1) is 27.1. The Morgan fingerprint density at radius 2 is 1.33 bits per heavy atom. The standard InChI is InChI=1S/C50H35N3O2/c1-30-15-25-44-41(27-30)42-29-36(22-26-45(42)54-44)38-23-24-40(46-39-13-7-8-14-43(39)55-47(38)46)50-52-48(34-19-16-33(17-20-34)31-9-3-2-4-10-31)51-49(53-50)37-21-18-32-11-5-6-12-35(32)28-37/h2-26,28-30,49H,27H2,1H3,(H,51,52,53). The first kappa shape index (κ1) is 31.5. The molecule has 1 N–H and O–H groups in total. The Bertz CT molecular complexity index is 3050. The first-order valence-electron chi connectivity index (χ1n) is 18.9. The van der Waals surface area contributed by atoms with Gasteiger partial charge in [-0.3, -0.25) is 0 Å². The summed E-state index contributed by atoms with van der Waals surface area (Å²) in [4.78, 5) is 10.5. The van der Waals surface area contributed by atoms with Gasteiger partial charge in [-0.1, -0.05) is 128 Å². The number of aliphatic imine (C=N–C) groups is 2. The minimum atomic E-state index is -0.361. The number of nitrogens with zero attached hydrogens (tertiary/aromatic N) is 2. The molecule has 0 amide bonds. The van der Waals surface area contributed by atoms with Gasteiger partial charge in [0.05, 0.1) is 0 Å². The lowest BCUT2D eigenvalue weighted by molar-refractivity contribution is 0.584. The minimum Gasteiger partial charge on any atom is -0.456 e. The number of benzene rings is 7. The fourth-order valence-electron chi connectivity index (χ4n) is 8.28. The van der Waals surface area contributed by atoms with Crippen molar-refractivity contribution in [1.29, 1.82) is 0 Å². The van der Waals surface area contributed by atoms with Crippen molar-refractivity contribution in [2.24, 2.45) is 15.9 Å². The number of para-hydroxylation sites is 1. The molecule has 2 aliphatic rings. The maximum atomic E-state index is 6.77. The average molecular weight is 710 g/mol. The summed E-state index contributed by atoms with van der Waals surface area (Å²) in [6.07, 6.45) is 4.95. The van der Waals surface area contributed by atoms with E-state index < -0.39 is 0 Å². The molecule has 262 valence electrons. The Balaban J connectivity index is 1.07. The molecule has 11 rings (SSSR count). The fraction of sp³-hybridized carbons (Fsp3) is 0.0800. The molecule has 0 saturated heterocycles. The third kappa shape index (κ3) is 5.39. The summed E-state index contributed by atoms with van der Waals surface area (Å²) in [5, 5.41) is 9.33. The molecule has 2 atom stereocenters. The highest BCUT2D eigenvalue weighted by Gasteiger charge is 2.26. The van der Waals surface area contributed by atoms with Gasteiger partial charge in [0.2, 0.25) is 0 Å². The number of allylic oxidation sites excluding steroid dienone is 1. The smallest absolute Gasteiger partial charge is 0.159 e. The van der Waals surface area contributed by atoms with Crippen LogP contribution in [0, 0.1) is 5.92 Å². The molecule has 0 fully saturated rings. The molecule has 2 unspecified atom stereocenters. The largest absolute Gasteiger partial charge is 0.456 e. The van der Waals surface area contributed by atoms with E-state index in [1.54, 1.807) is 0 Å². The van der Waals surface area contributed by atoms with Gasteiger partial charge in [0.1, 0.15) is 34.5 Å². The van der Waals surface area contributed by atoms with E-state index in [2.05, 4.69) is 158 Å². The third-order valence-electron chi connectivity index (χ3n) is 11.1. The van der Waals surface area contributed by atoms with Crippen LogP contribution >= 0.6 is 0 Å². The second-order valence-electron chi connectivity index (χ2n) is 14.7. The molecule has 9 aromatic rings. The van der Waals surface area contributed by atoms with Crippen LogP contribution in [0.15, 0.2) is 177 Å². The van der Waals surface area contributed by atoms with Crippen LogP contribution < -0.4 is 5.32 Å². The number of hydrogen-bond donors (Lipinski definition) is 1. The number of amidine groups is 2. The van der Waals surface area contributed by atoms with Gasteiger partial charge in [-0.2, -0.15) is 0 Å². The number of rotatable bonds is 5. The van der Waals surface area contributed by atoms with Crippen molar-refractivity contribution in [3.05, 3.63) is 186 Å². The first-order valence-corrected chi connectivity index (χ1v) is 18.9. The molecule has 1 aliphatic heterocycles. The van der Waals surface area contributed by atoms with E-state index in [1.165, 1.54) is 21.9 Å². The topological polar surface area (TPSA) is 63.0 Å². The van der Waals surface area contributed by atoms with Crippen molar-refractivity contribution in [2.75, 3.05) is 0 Å². The number of furan rings is 2. The molecule has 55 heavy (non-hydrogen) atoms. The maximum absolute atomic E-state index is 6.77. The van der Waals surface area contributed by atoms with Crippen molar-refractivity contribution in [3.8, 4) is 22.3 Å². The van der Waals surface area contributed by atoms with Crippen LogP contribution in [0.2, 0.25) is 0 Å². The molecule has 2 aromatic heterocycles. The average Bonchev–Trinajstić information content (AvgIpc) is 3.82. The van der Waals surface area contributed by atoms with E-state index >= 15 is 0 Å². The summed E-state index contributed by atoms with van der Waals surface area (Å²) >= 11 is 0. The second-order valence-corrected chi connectivity index (χ2v) is 14.7. The molecule has 0 bridgehead atoms. The summed E-state index contributed by atoms with van der Waals surface area (Å²) in [5.41, 5.74) is 11.3. The van der Waals surface area contributed by atoms with Crippen LogP contribution in [0.3, 0.4) is 0 Å². The van der Waals surface area contributed by atoms with E-state index in [4.69, 9.17) is 18.8 Å². The van der Waals surface area contributed by atoms with Crippen molar-refractivity contribution < 1.29 is 8.83 Å². The highest BCUT2D eigenvalue weighted by molar-refractivity contribution is 6.23. The molecular formula is C50H35N3O2. The maximum Gasteiger partial charge on any atom is 0.159 e. The van der Waals surface area contributed by atoms with Crippen molar-refractivity contribution in [2.45, 2.75) is 19.5 Å². The van der Waals surface area contributed by atoms with Crippen molar-refractivity contribution in [3.63, 3.8) is 0 Å². The van der Waals surface area contributed by atoms with Gasteiger partial charge in [-0.25, -0.2) is 9.98 Å².